The van der Waals surface area contributed by atoms with Crippen molar-refractivity contribution in [3.8, 4) is 0 Å². The van der Waals surface area contributed by atoms with Gasteiger partial charge in [0.2, 0.25) is 0 Å². The van der Waals surface area contributed by atoms with E-state index in [1.165, 1.54) is 83.7 Å². The Morgan fingerprint density at radius 2 is 1.08 bits per heavy atom. The van der Waals surface area contributed by atoms with Crippen LogP contribution in [0.5, 0.6) is 0 Å². The van der Waals surface area contributed by atoms with Gasteiger partial charge < -0.3 is 13.3 Å². The molecule has 146 valence electrons. The fraction of sp³-hybridized carbons (Fsp3) is 1.00. The van der Waals surface area contributed by atoms with Gasteiger partial charge in [-0.05, 0) is 31.9 Å². The Kier molecular flexibility index (Phi) is 14.3. The molecule has 0 radical (unpaired) electrons. The van der Waals surface area contributed by atoms with E-state index in [4.69, 9.17) is 8.85 Å². The van der Waals surface area contributed by atoms with Crippen molar-refractivity contribution in [3.63, 3.8) is 0 Å². The first-order valence-electron chi connectivity index (χ1n) is 10.3. The number of hydrogen-bond acceptors (Lipinski definition) is 2. The first-order valence-corrected chi connectivity index (χ1v) is 12.8. The fourth-order valence-electron chi connectivity index (χ4n) is 3.25. The fourth-order valence-corrected chi connectivity index (χ4v) is 4.63. The second-order valence-electron chi connectivity index (χ2n) is 8.21. The summed E-state index contributed by atoms with van der Waals surface area (Å²) in [6, 6.07) is 1.10. The first kappa shape index (κ1) is 24.1. The summed E-state index contributed by atoms with van der Waals surface area (Å²) in [5, 5.41) is 0. The predicted octanol–water partition coefficient (Wildman–Crippen LogP) is 5.74. The van der Waals surface area contributed by atoms with Crippen LogP contribution in [-0.4, -0.2) is 54.4 Å². The molecule has 0 aliphatic rings. The largest absolute Gasteiger partial charge is 0.398 e. The Hall–Kier alpha value is 0.0969. The second-order valence-corrected chi connectivity index (χ2v) is 11.8. The van der Waals surface area contributed by atoms with Crippen molar-refractivity contribution < 1.29 is 13.3 Å². The van der Waals surface area contributed by atoms with Crippen molar-refractivity contribution in [1.82, 2.24) is 0 Å². The molecule has 0 aromatic rings. The van der Waals surface area contributed by atoms with E-state index < -0.39 is 8.56 Å². The molecule has 0 saturated heterocycles. The molecule has 0 N–H and O–H groups in total. The standard InChI is InChI=1S/C20H46NO2Si/c1-7-8-9-10-11-12-13-14-15-16-18-21(2,3)19-17-20-24(6,22-4)23-5/h7-20H2,1-6H3/q+1. The van der Waals surface area contributed by atoms with Crippen molar-refractivity contribution in [2.45, 2.75) is 90.1 Å². The van der Waals surface area contributed by atoms with Gasteiger partial charge in [-0.1, -0.05) is 58.3 Å². The number of quaternary nitrogens is 1. The van der Waals surface area contributed by atoms with Crippen LogP contribution in [-0.2, 0) is 8.85 Å². The van der Waals surface area contributed by atoms with Crippen LogP contribution < -0.4 is 0 Å². The van der Waals surface area contributed by atoms with E-state index in [-0.39, 0.29) is 0 Å². The van der Waals surface area contributed by atoms with Crippen LogP contribution in [0.2, 0.25) is 12.6 Å². The van der Waals surface area contributed by atoms with Gasteiger partial charge in [-0.25, -0.2) is 0 Å². The summed E-state index contributed by atoms with van der Waals surface area (Å²) in [7, 11) is 6.44. The molecule has 0 bridgehead atoms. The van der Waals surface area contributed by atoms with E-state index in [1.807, 2.05) is 0 Å². The number of unbranched alkanes of at least 4 members (excludes halogenated alkanes) is 9. The SMILES string of the molecule is CCCCCCCCCCCC[N+](C)(C)CCC[Si](C)(OC)OC. The van der Waals surface area contributed by atoms with Crippen molar-refractivity contribution in [2.24, 2.45) is 0 Å². The lowest BCUT2D eigenvalue weighted by Gasteiger charge is -2.31. The van der Waals surface area contributed by atoms with Gasteiger partial charge in [0.25, 0.3) is 0 Å². The molecule has 0 aromatic carbocycles. The van der Waals surface area contributed by atoms with Gasteiger partial charge >= 0.3 is 8.56 Å². The molecular weight excluding hydrogens is 314 g/mol. The van der Waals surface area contributed by atoms with E-state index in [1.54, 1.807) is 14.2 Å². The number of hydrogen-bond donors (Lipinski definition) is 0. The molecule has 0 atom stereocenters. The zero-order chi connectivity index (χ0) is 18.3. The highest BCUT2D eigenvalue weighted by atomic mass is 28.4. The lowest BCUT2D eigenvalue weighted by Crippen LogP contribution is -2.43. The summed E-state index contributed by atoms with van der Waals surface area (Å²) in [6.45, 7) is 6.98. The predicted molar refractivity (Wildman–Crippen MR) is 109 cm³/mol. The van der Waals surface area contributed by atoms with Crippen LogP contribution in [0, 0.1) is 0 Å². The summed E-state index contributed by atoms with van der Waals surface area (Å²) in [4.78, 5) is 0. The number of rotatable bonds is 17. The molecule has 0 aromatic heterocycles. The van der Waals surface area contributed by atoms with Crippen molar-refractivity contribution in [2.75, 3.05) is 41.4 Å². The molecular formula is C20H46NO2Si+. The highest BCUT2D eigenvalue weighted by Crippen LogP contribution is 2.16. The Morgan fingerprint density at radius 1 is 0.667 bits per heavy atom. The highest BCUT2D eigenvalue weighted by molar-refractivity contribution is 6.65. The average Bonchev–Trinajstić information content (AvgIpc) is 2.56. The quantitative estimate of drug-likeness (QED) is 0.187. The third-order valence-electron chi connectivity index (χ3n) is 5.37. The first-order chi connectivity index (χ1) is 11.4. The lowest BCUT2D eigenvalue weighted by atomic mass is 10.1. The van der Waals surface area contributed by atoms with Crippen molar-refractivity contribution >= 4 is 8.56 Å². The molecule has 3 nitrogen and oxygen atoms in total. The molecule has 0 amide bonds. The molecule has 0 spiro atoms. The van der Waals surface area contributed by atoms with E-state index in [0.717, 1.165) is 10.5 Å². The minimum absolute atomic E-state index is 1.10. The maximum absolute atomic E-state index is 5.58. The van der Waals surface area contributed by atoms with E-state index in [2.05, 4.69) is 27.6 Å². The second kappa shape index (κ2) is 14.3. The molecule has 0 fully saturated rings. The van der Waals surface area contributed by atoms with E-state index >= 15 is 0 Å². The van der Waals surface area contributed by atoms with Crippen LogP contribution in [0.4, 0.5) is 0 Å². The molecule has 0 unspecified atom stereocenters. The van der Waals surface area contributed by atoms with Gasteiger partial charge in [0.15, 0.2) is 0 Å². The smallest absolute Gasteiger partial charge is 0.334 e. The Bertz CT molecular complexity index is 281. The maximum atomic E-state index is 5.58. The minimum Gasteiger partial charge on any atom is -0.398 e. The summed E-state index contributed by atoms with van der Waals surface area (Å²) in [6.07, 6.45) is 15.4. The summed E-state index contributed by atoms with van der Waals surface area (Å²) in [5.74, 6) is 0. The van der Waals surface area contributed by atoms with Gasteiger partial charge in [0.1, 0.15) is 0 Å². The lowest BCUT2D eigenvalue weighted by molar-refractivity contribution is -0.890. The molecule has 0 aliphatic carbocycles. The van der Waals surface area contributed by atoms with Gasteiger partial charge in [-0.15, -0.1) is 0 Å². The molecule has 0 rings (SSSR count). The number of nitrogens with zero attached hydrogens (tertiary/aromatic N) is 1. The van der Waals surface area contributed by atoms with E-state index in [0.29, 0.717) is 0 Å². The van der Waals surface area contributed by atoms with Crippen molar-refractivity contribution in [1.29, 1.82) is 0 Å². The summed E-state index contributed by atoms with van der Waals surface area (Å²) < 4.78 is 12.3. The summed E-state index contributed by atoms with van der Waals surface area (Å²) in [5.41, 5.74) is 0. The van der Waals surface area contributed by atoms with Gasteiger partial charge in [-0.2, -0.15) is 0 Å². The maximum Gasteiger partial charge on any atom is 0.334 e. The Labute approximate surface area is 153 Å². The normalized spacial score (nSPS) is 12.8. The van der Waals surface area contributed by atoms with Crippen LogP contribution >= 0.6 is 0 Å². The summed E-state index contributed by atoms with van der Waals surface area (Å²) >= 11 is 0. The van der Waals surface area contributed by atoms with Gasteiger partial charge in [0.05, 0.1) is 27.2 Å². The average molecular weight is 361 g/mol. The van der Waals surface area contributed by atoms with E-state index in [9.17, 15) is 0 Å². The zero-order valence-corrected chi connectivity index (χ0v) is 18.7. The monoisotopic (exact) mass is 360 g/mol. The molecule has 0 saturated carbocycles. The zero-order valence-electron chi connectivity index (χ0n) is 17.7. The molecule has 0 aliphatic heterocycles. The van der Waals surface area contributed by atoms with Crippen molar-refractivity contribution in [3.05, 3.63) is 0 Å². The van der Waals surface area contributed by atoms with Crippen LogP contribution in [0.1, 0.15) is 77.6 Å². The Balaban J connectivity index is 3.57. The Morgan fingerprint density at radius 3 is 1.54 bits per heavy atom. The molecule has 24 heavy (non-hydrogen) atoms. The minimum atomic E-state index is -1.87. The third-order valence-corrected chi connectivity index (χ3v) is 8.36. The molecule has 0 heterocycles. The van der Waals surface area contributed by atoms with Gasteiger partial charge in [-0.3, -0.25) is 0 Å². The van der Waals surface area contributed by atoms with Gasteiger partial charge in [0, 0.05) is 14.2 Å². The van der Waals surface area contributed by atoms with Crippen LogP contribution in [0.15, 0.2) is 0 Å². The third kappa shape index (κ3) is 13.4. The topological polar surface area (TPSA) is 18.5 Å². The highest BCUT2D eigenvalue weighted by Gasteiger charge is 2.29. The van der Waals surface area contributed by atoms with Crippen LogP contribution in [0.25, 0.3) is 0 Å². The van der Waals surface area contributed by atoms with Crippen LogP contribution in [0.3, 0.4) is 0 Å². The molecule has 4 heteroatoms.